The van der Waals surface area contributed by atoms with Gasteiger partial charge in [0.15, 0.2) is 0 Å². The molecule has 0 spiro atoms. The molecule has 1 saturated carbocycles. The molecule has 6 heteroatoms. The molecule has 2 N–H and O–H groups in total. The summed E-state index contributed by atoms with van der Waals surface area (Å²) in [4.78, 5) is 8.66. The van der Waals surface area contributed by atoms with Gasteiger partial charge in [0.05, 0.1) is 10.6 Å². The van der Waals surface area contributed by atoms with Gasteiger partial charge in [0.2, 0.25) is 5.88 Å². The second kappa shape index (κ2) is 4.90. The Kier molecular flexibility index (Phi) is 3.22. The fraction of sp³-hybridized carbons (Fsp3) is 0.286. The van der Waals surface area contributed by atoms with Crippen molar-refractivity contribution in [3.63, 3.8) is 0 Å². The lowest BCUT2D eigenvalue weighted by Crippen LogP contribution is -2.04. The fourth-order valence-electron chi connectivity index (χ4n) is 1.81. The molecule has 0 amide bonds. The number of nitrogens with two attached hydrogens (primary N) is 1. The SMILES string of the molecule is Cc1c(N)nc(C2CC2)nc1Oc1ccc(F)c(Cl)c1. The second-order valence-electron chi connectivity index (χ2n) is 4.85. The number of nitrogens with zero attached hydrogens (tertiary/aromatic N) is 2. The van der Waals surface area contributed by atoms with Crippen LogP contribution in [0.25, 0.3) is 0 Å². The van der Waals surface area contributed by atoms with Crippen molar-refractivity contribution in [2.24, 2.45) is 0 Å². The van der Waals surface area contributed by atoms with Crippen LogP contribution in [0.2, 0.25) is 5.02 Å². The molecular formula is C14H13ClFN3O. The Morgan fingerprint density at radius 2 is 2.10 bits per heavy atom. The van der Waals surface area contributed by atoms with Gasteiger partial charge in [-0.15, -0.1) is 0 Å². The maximum absolute atomic E-state index is 13.1. The topological polar surface area (TPSA) is 61.0 Å². The van der Waals surface area contributed by atoms with E-state index in [0.717, 1.165) is 12.8 Å². The first-order chi connectivity index (χ1) is 9.54. The van der Waals surface area contributed by atoms with Gasteiger partial charge in [-0.25, -0.2) is 9.37 Å². The van der Waals surface area contributed by atoms with E-state index in [2.05, 4.69) is 9.97 Å². The van der Waals surface area contributed by atoms with Crippen molar-refractivity contribution in [1.29, 1.82) is 0 Å². The summed E-state index contributed by atoms with van der Waals surface area (Å²) in [6, 6.07) is 4.15. The molecule has 3 rings (SSSR count). The lowest BCUT2D eigenvalue weighted by molar-refractivity contribution is 0.453. The van der Waals surface area contributed by atoms with E-state index in [-0.39, 0.29) is 5.02 Å². The maximum Gasteiger partial charge on any atom is 0.227 e. The van der Waals surface area contributed by atoms with Crippen molar-refractivity contribution in [2.75, 3.05) is 5.73 Å². The van der Waals surface area contributed by atoms with E-state index in [4.69, 9.17) is 22.1 Å². The van der Waals surface area contributed by atoms with Crippen molar-refractivity contribution < 1.29 is 9.13 Å². The van der Waals surface area contributed by atoms with Crippen LogP contribution < -0.4 is 10.5 Å². The Labute approximate surface area is 120 Å². The quantitative estimate of drug-likeness (QED) is 0.934. The zero-order chi connectivity index (χ0) is 14.3. The monoisotopic (exact) mass is 293 g/mol. The Balaban J connectivity index is 1.94. The molecule has 0 unspecified atom stereocenters. The summed E-state index contributed by atoms with van der Waals surface area (Å²) in [7, 11) is 0. The molecule has 1 fully saturated rings. The lowest BCUT2D eigenvalue weighted by Gasteiger charge is -2.11. The van der Waals surface area contributed by atoms with Gasteiger partial charge in [-0.05, 0) is 31.9 Å². The highest BCUT2D eigenvalue weighted by Gasteiger charge is 2.28. The largest absolute Gasteiger partial charge is 0.438 e. The molecule has 1 heterocycles. The number of halogens is 2. The Bertz CT molecular complexity index is 674. The highest BCUT2D eigenvalue weighted by Crippen LogP contribution is 2.40. The molecule has 0 radical (unpaired) electrons. The van der Waals surface area contributed by atoms with Gasteiger partial charge in [-0.1, -0.05) is 11.6 Å². The number of nitrogen functional groups attached to an aromatic ring is 1. The maximum atomic E-state index is 13.1. The normalized spacial score (nSPS) is 14.3. The van der Waals surface area contributed by atoms with Gasteiger partial charge in [-0.3, -0.25) is 0 Å². The summed E-state index contributed by atoms with van der Waals surface area (Å²) in [5.41, 5.74) is 6.54. The van der Waals surface area contributed by atoms with Crippen molar-refractivity contribution >= 4 is 17.4 Å². The minimum absolute atomic E-state index is 0.00426. The van der Waals surface area contributed by atoms with Crippen LogP contribution >= 0.6 is 11.6 Å². The van der Waals surface area contributed by atoms with E-state index in [0.29, 0.717) is 34.8 Å². The number of benzene rings is 1. The molecule has 0 saturated heterocycles. The molecule has 1 aliphatic carbocycles. The summed E-state index contributed by atoms with van der Waals surface area (Å²) in [5.74, 6) is 1.80. The first kappa shape index (κ1) is 13.1. The minimum Gasteiger partial charge on any atom is -0.438 e. The average molecular weight is 294 g/mol. The molecule has 1 aliphatic rings. The molecule has 0 atom stereocenters. The van der Waals surface area contributed by atoms with E-state index < -0.39 is 5.82 Å². The summed E-state index contributed by atoms with van der Waals surface area (Å²) in [5, 5.41) is 0.00426. The zero-order valence-corrected chi connectivity index (χ0v) is 11.6. The third-order valence-electron chi connectivity index (χ3n) is 3.20. The van der Waals surface area contributed by atoms with Gasteiger partial charge in [0, 0.05) is 12.0 Å². The molecule has 1 aromatic carbocycles. The standard InChI is InChI=1S/C14H13ClFN3O/c1-7-12(17)18-13(8-2-3-8)19-14(7)20-9-4-5-11(16)10(15)6-9/h4-6,8H,2-3H2,1H3,(H2,17,18,19). The second-order valence-corrected chi connectivity index (χ2v) is 5.26. The van der Waals surface area contributed by atoms with Gasteiger partial charge >= 0.3 is 0 Å². The van der Waals surface area contributed by atoms with E-state index in [1.807, 2.05) is 0 Å². The first-order valence-electron chi connectivity index (χ1n) is 6.31. The van der Waals surface area contributed by atoms with Gasteiger partial charge in [0.1, 0.15) is 23.2 Å². The van der Waals surface area contributed by atoms with Crippen molar-refractivity contribution in [3.8, 4) is 11.6 Å². The van der Waals surface area contributed by atoms with Crippen LogP contribution in [0, 0.1) is 12.7 Å². The number of aromatic nitrogens is 2. The lowest BCUT2D eigenvalue weighted by atomic mass is 10.3. The number of hydrogen-bond donors (Lipinski definition) is 1. The van der Waals surface area contributed by atoms with Crippen LogP contribution in [0.3, 0.4) is 0 Å². The first-order valence-corrected chi connectivity index (χ1v) is 6.69. The smallest absolute Gasteiger partial charge is 0.227 e. The Hall–Kier alpha value is -1.88. The van der Waals surface area contributed by atoms with Gasteiger partial charge in [0.25, 0.3) is 0 Å². The summed E-state index contributed by atoms with van der Waals surface area (Å²) < 4.78 is 18.8. The van der Waals surface area contributed by atoms with E-state index >= 15 is 0 Å². The van der Waals surface area contributed by atoms with Crippen LogP contribution in [-0.2, 0) is 0 Å². The average Bonchev–Trinajstić information content (AvgIpc) is 3.23. The minimum atomic E-state index is -0.489. The molecule has 0 bridgehead atoms. The fourth-order valence-corrected chi connectivity index (χ4v) is 1.98. The molecule has 1 aromatic heterocycles. The predicted molar refractivity (Wildman–Crippen MR) is 74.6 cm³/mol. The van der Waals surface area contributed by atoms with Crippen LogP contribution in [0.1, 0.15) is 30.1 Å². The predicted octanol–water partition coefficient (Wildman–Crippen LogP) is 3.83. The van der Waals surface area contributed by atoms with Gasteiger partial charge < -0.3 is 10.5 Å². The van der Waals surface area contributed by atoms with Crippen LogP contribution in [0.4, 0.5) is 10.2 Å². The van der Waals surface area contributed by atoms with Crippen molar-refractivity contribution in [3.05, 3.63) is 40.4 Å². The molecular weight excluding hydrogens is 281 g/mol. The summed E-state index contributed by atoms with van der Waals surface area (Å²) in [6.45, 7) is 1.78. The highest BCUT2D eigenvalue weighted by atomic mass is 35.5. The number of anilines is 1. The number of ether oxygens (including phenoxy) is 1. The third kappa shape index (κ3) is 2.54. The van der Waals surface area contributed by atoms with Crippen molar-refractivity contribution in [1.82, 2.24) is 9.97 Å². The van der Waals surface area contributed by atoms with Crippen molar-refractivity contribution in [2.45, 2.75) is 25.7 Å². The molecule has 20 heavy (non-hydrogen) atoms. The molecule has 4 nitrogen and oxygen atoms in total. The van der Waals surface area contributed by atoms with Crippen LogP contribution in [0.15, 0.2) is 18.2 Å². The highest BCUT2D eigenvalue weighted by molar-refractivity contribution is 6.30. The van der Waals surface area contributed by atoms with Crippen LogP contribution in [-0.4, -0.2) is 9.97 Å². The number of hydrogen-bond acceptors (Lipinski definition) is 4. The Morgan fingerprint density at radius 1 is 1.35 bits per heavy atom. The molecule has 2 aromatic rings. The summed E-state index contributed by atoms with van der Waals surface area (Å²) in [6.07, 6.45) is 2.15. The van der Waals surface area contributed by atoms with E-state index in [1.54, 1.807) is 6.92 Å². The number of rotatable bonds is 3. The van der Waals surface area contributed by atoms with Gasteiger partial charge in [-0.2, -0.15) is 4.98 Å². The van der Waals surface area contributed by atoms with E-state index in [9.17, 15) is 4.39 Å². The van der Waals surface area contributed by atoms with Crippen LogP contribution in [0.5, 0.6) is 11.6 Å². The zero-order valence-electron chi connectivity index (χ0n) is 10.9. The summed E-state index contributed by atoms with van der Waals surface area (Å²) >= 11 is 5.73. The third-order valence-corrected chi connectivity index (χ3v) is 3.49. The molecule has 104 valence electrons. The Morgan fingerprint density at radius 3 is 2.75 bits per heavy atom. The van der Waals surface area contributed by atoms with E-state index in [1.165, 1.54) is 18.2 Å². The molecule has 0 aliphatic heterocycles.